The molecule has 7 heteroatoms. The van der Waals surface area contributed by atoms with Crippen molar-refractivity contribution in [3.8, 4) is 11.3 Å². The van der Waals surface area contributed by atoms with E-state index < -0.39 is 11.7 Å². The minimum absolute atomic E-state index is 0.100. The van der Waals surface area contributed by atoms with Gasteiger partial charge in [-0.3, -0.25) is 9.59 Å². The number of fused-ring (bicyclic) bond motifs is 1. The van der Waals surface area contributed by atoms with Crippen molar-refractivity contribution in [2.24, 2.45) is 5.92 Å². The van der Waals surface area contributed by atoms with Crippen LogP contribution in [0.4, 0.5) is 15.8 Å². The van der Waals surface area contributed by atoms with Gasteiger partial charge in [0.2, 0.25) is 11.8 Å². The van der Waals surface area contributed by atoms with Gasteiger partial charge < -0.3 is 14.8 Å². The summed E-state index contributed by atoms with van der Waals surface area (Å²) in [7, 11) is 0. The van der Waals surface area contributed by atoms with Crippen molar-refractivity contribution in [2.75, 3.05) is 16.8 Å². The van der Waals surface area contributed by atoms with Crippen LogP contribution in [0, 0.1) is 11.7 Å². The highest BCUT2D eigenvalue weighted by Gasteiger charge is 2.35. The molecule has 3 heterocycles. The first-order valence-electron chi connectivity index (χ1n) is 10.6. The normalized spacial score (nSPS) is 18.2. The molecule has 1 saturated heterocycles. The molecule has 2 aliphatic heterocycles. The zero-order valence-corrected chi connectivity index (χ0v) is 17.1. The number of rotatable bonds is 4. The lowest BCUT2D eigenvalue weighted by Gasteiger charge is -2.17. The van der Waals surface area contributed by atoms with Crippen molar-refractivity contribution in [1.29, 1.82) is 0 Å². The summed E-state index contributed by atoms with van der Waals surface area (Å²) >= 11 is 0. The fraction of sp³-hybridized carbons (Fsp3) is 0.292. The molecule has 0 aliphatic carbocycles. The third kappa shape index (κ3) is 3.83. The Kier molecular flexibility index (Phi) is 5.02. The maximum Gasteiger partial charge on any atom is 0.229 e. The largest absolute Gasteiger partial charge is 0.334 e. The van der Waals surface area contributed by atoms with Crippen LogP contribution in [0.1, 0.15) is 25.1 Å². The molecule has 0 spiro atoms. The van der Waals surface area contributed by atoms with Crippen molar-refractivity contribution >= 4 is 23.2 Å². The number of amides is 2. The van der Waals surface area contributed by atoms with Crippen LogP contribution >= 0.6 is 0 Å². The molecule has 0 saturated carbocycles. The molecule has 158 valence electrons. The van der Waals surface area contributed by atoms with Crippen molar-refractivity contribution < 1.29 is 14.0 Å². The van der Waals surface area contributed by atoms with Crippen LogP contribution < -0.4 is 10.2 Å². The van der Waals surface area contributed by atoms with E-state index in [0.717, 1.165) is 42.9 Å². The van der Waals surface area contributed by atoms with E-state index >= 15 is 0 Å². The quantitative estimate of drug-likeness (QED) is 0.696. The summed E-state index contributed by atoms with van der Waals surface area (Å²) in [5.41, 5.74) is 2.87. The molecule has 6 nitrogen and oxygen atoms in total. The summed E-state index contributed by atoms with van der Waals surface area (Å²) in [4.78, 5) is 31.7. The first-order valence-corrected chi connectivity index (χ1v) is 10.6. The lowest BCUT2D eigenvalue weighted by Crippen LogP contribution is -2.28. The fourth-order valence-corrected chi connectivity index (χ4v) is 4.37. The van der Waals surface area contributed by atoms with Gasteiger partial charge in [-0.15, -0.1) is 0 Å². The lowest BCUT2D eigenvalue weighted by molar-refractivity contribution is -0.122. The van der Waals surface area contributed by atoms with Crippen molar-refractivity contribution in [3.05, 3.63) is 66.4 Å². The molecular formula is C24H23FN4O2. The number of benzene rings is 2. The summed E-state index contributed by atoms with van der Waals surface area (Å²) in [6.45, 7) is 1.20. The number of nitrogens with zero attached hydrogens (tertiary/aromatic N) is 3. The van der Waals surface area contributed by atoms with Crippen LogP contribution in [0.25, 0.3) is 11.3 Å². The highest BCUT2D eigenvalue weighted by molar-refractivity contribution is 6.04. The Hall–Kier alpha value is -3.48. The Morgan fingerprint density at radius 3 is 2.84 bits per heavy atom. The number of halogens is 1. The molecule has 1 atom stereocenters. The van der Waals surface area contributed by atoms with E-state index in [2.05, 4.69) is 9.88 Å². The molecule has 2 aliphatic rings. The molecule has 0 bridgehead atoms. The van der Waals surface area contributed by atoms with Gasteiger partial charge in [0.15, 0.2) is 0 Å². The average molecular weight is 418 g/mol. The van der Waals surface area contributed by atoms with Crippen molar-refractivity contribution in [1.82, 2.24) is 9.55 Å². The predicted octanol–water partition coefficient (Wildman–Crippen LogP) is 4.02. The van der Waals surface area contributed by atoms with E-state index in [1.807, 2.05) is 30.5 Å². The molecule has 1 fully saturated rings. The first-order chi connectivity index (χ1) is 15.1. The summed E-state index contributed by atoms with van der Waals surface area (Å²) in [6.07, 6.45) is 5.41. The topological polar surface area (TPSA) is 67.2 Å². The van der Waals surface area contributed by atoms with Gasteiger partial charge in [-0.25, -0.2) is 9.37 Å². The number of hydrogen-bond acceptors (Lipinski definition) is 3. The second kappa shape index (κ2) is 7.98. The maximum absolute atomic E-state index is 13.6. The van der Waals surface area contributed by atoms with Gasteiger partial charge in [0.25, 0.3) is 0 Å². The zero-order valence-electron chi connectivity index (χ0n) is 17.1. The Morgan fingerprint density at radius 2 is 2.00 bits per heavy atom. The van der Waals surface area contributed by atoms with Gasteiger partial charge in [0.05, 0.1) is 17.3 Å². The van der Waals surface area contributed by atoms with Gasteiger partial charge in [0, 0.05) is 43.4 Å². The Morgan fingerprint density at radius 1 is 1.13 bits per heavy atom. The van der Waals surface area contributed by atoms with E-state index in [9.17, 15) is 14.0 Å². The number of carbonyl (C=O) groups is 2. The van der Waals surface area contributed by atoms with Gasteiger partial charge in [-0.2, -0.15) is 0 Å². The van der Waals surface area contributed by atoms with Crippen molar-refractivity contribution in [3.63, 3.8) is 0 Å². The van der Waals surface area contributed by atoms with Crippen LogP contribution in [-0.2, 0) is 22.6 Å². The van der Waals surface area contributed by atoms with Crippen LogP contribution in [-0.4, -0.2) is 27.9 Å². The smallest absolute Gasteiger partial charge is 0.229 e. The summed E-state index contributed by atoms with van der Waals surface area (Å²) in [5, 5.41) is 2.99. The predicted molar refractivity (Wildman–Crippen MR) is 116 cm³/mol. The van der Waals surface area contributed by atoms with Crippen LogP contribution in [0.5, 0.6) is 0 Å². The second-order valence-corrected chi connectivity index (χ2v) is 8.11. The summed E-state index contributed by atoms with van der Waals surface area (Å²) in [5.74, 6) is -0.229. The molecule has 1 N–H and O–H groups in total. The standard InChI is InChI=1S/C24H23FN4O2/c25-17-6-5-7-18(13-17)29-14-16(12-23(29)30)24(31)27-20-9-2-1-8-19(20)21-15-28-11-4-3-10-22(28)26-21/h1-2,5-9,13,15-16H,3-4,10-12,14H2,(H,27,31). The van der Waals surface area contributed by atoms with Crippen LogP contribution in [0.15, 0.2) is 54.7 Å². The Balaban J connectivity index is 1.34. The third-order valence-electron chi connectivity index (χ3n) is 5.99. The number of carbonyl (C=O) groups excluding carboxylic acids is 2. The SMILES string of the molecule is O=C(Nc1ccccc1-c1cn2c(n1)CCCC2)C1CC(=O)N(c2cccc(F)c2)C1. The summed E-state index contributed by atoms with van der Waals surface area (Å²) < 4.78 is 15.7. The van der Waals surface area contributed by atoms with E-state index in [0.29, 0.717) is 11.4 Å². The minimum Gasteiger partial charge on any atom is -0.334 e. The van der Waals surface area contributed by atoms with E-state index in [1.54, 1.807) is 12.1 Å². The molecular weight excluding hydrogens is 395 g/mol. The van der Waals surface area contributed by atoms with Gasteiger partial charge in [-0.05, 0) is 37.1 Å². The monoisotopic (exact) mass is 418 g/mol. The maximum atomic E-state index is 13.6. The van der Waals surface area contributed by atoms with Crippen LogP contribution in [0.3, 0.4) is 0 Å². The van der Waals surface area contributed by atoms with E-state index in [4.69, 9.17) is 4.98 Å². The van der Waals surface area contributed by atoms with Crippen molar-refractivity contribution in [2.45, 2.75) is 32.2 Å². The molecule has 2 amide bonds. The fourth-order valence-electron chi connectivity index (χ4n) is 4.37. The third-order valence-corrected chi connectivity index (χ3v) is 5.99. The molecule has 5 rings (SSSR count). The average Bonchev–Trinajstić information content (AvgIpc) is 3.38. The number of aryl methyl sites for hydroxylation is 2. The van der Waals surface area contributed by atoms with E-state index in [-0.39, 0.29) is 24.8 Å². The zero-order chi connectivity index (χ0) is 21.4. The molecule has 2 aromatic carbocycles. The number of para-hydroxylation sites is 1. The van der Waals surface area contributed by atoms with Gasteiger partial charge in [-0.1, -0.05) is 24.3 Å². The first kappa shape index (κ1) is 19.5. The second-order valence-electron chi connectivity index (χ2n) is 8.11. The number of anilines is 2. The molecule has 0 radical (unpaired) electrons. The molecule has 31 heavy (non-hydrogen) atoms. The molecule has 3 aromatic rings. The van der Waals surface area contributed by atoms with Gasteiger partial charge >= 0.3 is 0 Å². The Labute approximate surface area is 179 Å². The van der Waals surface area contributed by atoms with Gasteiger partial charge in [0.1, 0.15) is 11.6 Å². The summed E-state index contributed by atoms with van der Waals surface area (Å²) in [6, 6.07) is 13.5. The number of imidazole rings is 1. The molecule has 1 unspecified atom stereocenters. The highest BCUT2D eigenvalue weighted by atomic mass is 19.1. The molecule has 1 aromatic heterocycles. The van der Waals surface area contributed by atoms with Crippen LogP contribution in [0.2, 0.25) is 0 Å². The minimum atomic E-state index is -0.501. The van der Waals surface area contributed by atoms with E-state index in [1.165, 1.54) is 17.0 Å². The lowest BCUT2D eigenvalue weighted by atomic mass is 10.1. The number of nitrogens with one attached hydrogen (secondary N) is 1. The number of aromatic nitrogens is 2. The number of hydrogen-bond donors (Lipinski definition) is 1. The highest BCUT2D eigenvalue weighted by Crippen LogP contribution is 2.31. The Bertz CT molecular complexity index is 1130.